The van der Waals surface area contributed by atoms with Gasteiger partial charge in [0.1, 0.15) is 5.75 Å². The van der Waals surface area contributed by atoms with Gasteiger partial charge in [-0.2, -0.15) is 4.31 Å². The molecule has 26 heavy (non-hydrogen) atoms. The highest BCUT2D eigenvalue weighted by molar-refractivity contribution is 7.89. The molecule has 0 radical (unpaired) electrons. The largest absolute Gasteiger partial charge is 0.421 e. The van der Waals surface area contributed by atoms with Crippen molar-refractivity contribution < 1.29 is 17.9 Å². The second-order valence-corrected chi connectivity index (χ2v) is 8.66. The first kappa shape index (κ1) is 18.9. The Hall–Kier alpha value is -1.89. The standard InChI is InChI=1S/C19H20ClNO4S/c1-14-8-9-17(20)18(12-14)25-19(22)15-6-5-7-16(13-15)26(23,24)21-10-3-2-4-11-21/h5-9,12-13H,2-4,10-11H2,1H3. The van der Waals surface area contributed by atoms with E-state index in [0.717, 1.165) is 24.8 Å². The van der Waals surface area contributed by atoms with E-state index in [4.69, 9.17) is 16.3 Å². The van der Waals surface area contributed by atoms with Crippen molar-refractivity contribution in [2.45, 2.75) is 31.1 Å². The first-order chi connectivity index (χ1) is 12.4. The summed E-state index contributed by atoms with van der Waals surface area (Å²) in [7, 11) is -3.61. The van der Waals surface area contributed by atoms with E-state index < -0.39 is 16.0 Å². The van der Waals surface area contributed by atoms with Gasteiger partial charge in [-0.3, -0.25) is 0 Å². The number of carbonyl (C=O) groups is 1. The second kappa shape index (κ2) is 7.78. The van der Waals surface area contributed by atoms with E-state index in [9.17, 15) is 13.2 Å². The minimum absolute atomic E-state index is 0.101. The number of piperidine rings is 1. The smallest absolute Gasteiger partial charge is 0.343 e. The zero-order chi connectivity index (χ0) is 18.7. The number of esters is 1. The fourth-order valence-electron chi connectivity index (χ4n) is 2.89. The van der Waals surface area contributed by atoms with Crippen LogP contribution in [0.1, 0.15) is 35.2 Å². The van der Waals surface area contributed by atoms with E-state index in [1.165, 1.54) is 22.5 Å². The molecule has 1 heterocycles. The van der Waals surface area contributed by atoms with Crippen molar-refractivity contribution in [2.75, 3.05) is 13.1 Å². The zero-order valence-corrected chi connectivity index (χ0v) is 16.0. The van der Waals surface area contributed by atoms with Crippen molar-refractivity contribution in [3.05, 3.63) is 58.6 Å². The van der Waals surface area contributed by atoms with Crippen LogP contribution < -0.4 is 4.74 Å². The summed E-state index contributed by atoms with van der Waals surface area (Å²) in [6, 6.07) is 11.1. The van der Waals surface area contributed by atoms with Crippen molar-refractivity contribution in [2.24, 2.45) is 0 Å². The third kappa shape index (κ3) is 4.09. The Bertz CT molecular complexity index is 921. The van der Waals surface area contributed by atoms with Gasteiger partial charge in [0, 0.05) is 13.1 Å². The van der Waals surface area contributed by atoms with Crippen LogP contribution in [0.2, 0.25) is 5.02 Å². The van der Waals surface area contributed by atoms with Crippen molar-refractivity contribution in [3.8, 4) is 5.75 Å². The molecule has 1 saturated heterocycles. The summed E-state index contributed by atoms with van der Waals surface area (Å²) < 4.78 is 32.4. The molecule has 1 aliphatic heterocycles. The lowest BCUT2D eigenvalue weighted by Crippen LogP contribution is -2.35. The molecule has 2 aromatic carbocycles. The van der Waals surface area contributed by atoms with Crippen LogP contribution in [-0.2, 0) is 10.0 Å². The van der Waals surface area contributed by atoms with Crippen molar-refractivity contribution in [3.63, 3.8) is 0 Å². The molecule has 0 aliphatic carbocycles. The number of carbonyl (C=O) groups excluding carboxylic acids is 1. The monoisotopic (exact) mass is 393 g/mol. The summed E-state index contributed by atoms with van der Waals surface area (Å²) in [6.45, 7) is 2.88. The lowest BCUT2D eigenvalue weighted by atomic mass is 10.2. The Morgan fingerprint density at radius 1 is 1.08 bits per heavy atom. The number of hydrogen-bond donors (Lipinski definition) is 0. The summed E-state index contributed by atoms with van der Waals surface area (Å²) in [5.74, 6) is -0.394. The Labute approximate surface area is 158 Å². The first-order valence-corrected chi connectivity index (χ1v) is 10.3. The summed E-state index contributed by atoms with van der Waals surface area (Å²) in [4.78, 5) is 12.5. The second-order valence-electron chi connectivity index (χ2n) is 6.32. The van der Waals surface area contributed by atoms with Gasteiger partial charge in [0.05, 0.1) is 15.5 Å². The first-order valence-electron chi connectivity index (χ1n) is 8.46. The molecule has 0 aromatic heterocycles. The molecule has 0 amide bonds. The number of halogens is 1. The zero-order valence-electron chi connectivity index (χ0n) is 14.4. The predicted octanol–water partition coefficient (Wildman–Crippen LogP) is 4.04. The van der Waals surface area contributed by atoms with Gasteiger partial charge in [-0.1, -0.05) is 30.2 Å². The van der Waals surface area contributed by atoms with Crippen LogP contribution in [0.3, 0.4) is 0 Å². The van der Waals surface area contributed by atoms with E-state index in [1.807, 2.05) is 13.0 Å². The van der Waals surface area contributed by atoms with Gasteiger partial charge < -0.3 is 4.74 Å². The Morgan fingerprint density at radius 2 is 1.81 bits per heavy atom. The Kier molecular flexibility index (Phi) is 5.65. The SMILES string of the molecule is Cc1ccc(Cl)c(OC(=O)c2cccc(S(=O)(=O)N3CCCCC3)c2)c1. The van der Waals surface area contributed by atoms with Crippen molar-refractivity contribution in [1.29, 1.82) is 0 Å². The molecule has 7 heteroatoms. The quantitative estimate of drug-likeness (QED) is 0.580. The summed E-state index contributed by atoms with van der Waals surface area (Å²) in [5, 5.41) is 0.320. The molecule has 1 aliphatic rings. The highest BCUT2D eigenvalue weighted by atomic mass is 35.5. The van der Waals surface area contributed by atoms with Gasteiger partial charge in [-0.05, 0) is 55.7 Å². The topological polar surface area (TPSA) is 63.7 Å². The number of benzene rings is 2. The highest BCUT2D eigenvalue weighted by Gasteiger charge is 2.26. The molecule has 138 valence electrons. The van der Waals surface area contributed by atoms with Gasteiger partial charge in [-0.15, -0.1) is 0 Å². The van der Waals surface area contributed by atoms with E-state index in [1.54, 1.807) is 18.2 Å². The van der Waals surface area contributed by atoms with Crippen LogP contribution >= 0.6 is 11.6 Å². The van der Waals surface area contributed by atoms with E-state index >= 15 is 0 Å². The number of rotatable bonds is 4. The molecular weight excluding hydrogens is 374 g/mol. The van der Waals surface area contributed by atoms with Gasteiger partial charge in [-0.25, -0.2) is 13.2 Å². The van der Waals surface area contributed by atoms with Crippen molar-refractivity contribution >= 4 is 27.6 Å². The molecule has 0 bridgehead atoms. The third-order valence-corrected chi connectivity index (χ3v) is 6.52. The molecule has 0 spiro atoms. The number of hydrogen-bond acceptors (Lipinski definition) is 4. The number of sulfonamides is 1. The van der Waals surface area contributed by atoms with Crippen molar-refractivity contribution in [1.82, 2.24) is 4.31 Å². The molecule has 1 fully saturated rings. The normalized spacial score (nSPS) is 15.6. The minimum Gasteiger partial charge on any atom is -0.421 e. The Morgan fingerprint density at radius 3 is 2.54 bits per heavy atom. The predicted molar refractivity (Wildman–Crippen MR) is 100 cm³/mol. The lowest BCUT2D eigenvalue weighted by Gasteiger charge is -2.25. The van der Waals surface area contributed by atoms with Crippen LogP contribution in [0.25, 0.3) is 0 Å². The molecule has 0 atom stereocenters. The van der Waals surface area contributed by atoms with Crippen LogP contribution in [-0.4, -0.2) is 31.8 Å². The number of ether oxygens (including phenoxy) is 1. The van der Waals surface area contributed by atoms with E-state index in [-0.39, 0.29) is 16.2 Å². The average Bonchev–Trinajstić information content (AvgIpc) is 2.65. The average molecular weight is 394 g/mol. The van der Waals surface area contributed by atoms with Gasteiger partial charge in [0.15, 0.2) is 0 Å². The number of aryl methyl sites for hydroxylation is 1. The van der Waals surface area contributed by atoms with Crippen LogP contribution in [0.4, 0.5) is 0 Å². The summed E-state index contributed by atoms with van der Waals surface area (Å²) >= 11 is 6.05. The third-order valence-electron chi connectivity index (χ3n) is 4.31. The summed E-state index contributed by atoms with van der Waals surface area (Å²) in [6.07, 6.45) is 2.75. The fourth-order valence-corrected chi connectivity index (χ4v) is 4.61. The maximum atomic E-state index is 12.8. The molecule has 0 N–H and O–H groups in total. The Balaban J connectivity index is 1.84. The highest BCUT2D eigenvalue weighted by Crippen LogP contribution is 2.27. The van der Waals surface area contributed by atoms with Gasteiger partial charge in [0.25, 0.3) is 0 Å². The fraction of sp³-hybridized carbons (Fsp3) is 0.316. The minimum atomic E-state index is -3.61. The maximum absolute atomic E-state index is 12.8. The molecule has 0 saturated carbocycles. The molecule has 2 aromatic rings. The lowest BCUT2D eigenvalue weighted by molar-refractivity contribution is 0.0734. The summed E-state index contributed by atoms with van der Waals surface area (Å²) in [5.41, 5.74) is 1.07. The maximum Gasteiger partial charge on any atom is 0.343 e. The number of nitrogens with zero attached hydrogens (tertiary/aromatic N) is 1. The van der Waals surface area contributed by atoms with Gasteiger partial charge >= 0.3 is 5.97 Å². The van der Waals surface area contributed by atoms with E-state index in [2.05, 4.69) is 0 Å². The van der Waals surface area contributed by atoms with Crippen LogP contribution in [0, 0.1) is 6.92 Å². The van der Waals surface area contributed by atoms with Crippen LogP contribution in [0.15, 0.2) is 47.4 Å². The van der Waals surface area contributed by atoms with Gasteiger partial charge in [0.2, 0.25) is 10.0 Å². The molecule has 0 unspecified atom stereocenters. The van der Waals surface area contributed by atoms with Crippen LogP contribution in [0.5, 0.6) is 5.75 Å². The molecular formula is C19H20ClNO4S. The molecule has 5 nitrogen and oxygen atoms in total. The molecule has 3 rings (SSSR count). The van der Waals surface area contributed by atoms with E-state index in [0.29, 0.717) is 18.1 Å².